The molecule has 0 aliphatic heterocycles. The zero-order valence-corrected chi connectivity index (χ0v) is 64.6. The van der Waals surface area contributed by atoms with Crippen LogP contribution in [-0.4, -0.2) is 4.57 Å². The first kappa shape index (κ1) is 67.7. The van der Waals surface area contributed by atoms with Gasteiger partial charge in [0.2, 0.25) is 0 Å². The highest BCUT2D eigenvalue weighted by atomic mass is 32.1. The fourth-order valence-electron chi connectivity index (χ4n) is 19.0. The van der Waals surface area contributed by atoms with E-state index in [1.807, 2.05) is 23.5 Å². The molecule has 25 aromatic rings. The van der Waals surface area contributed by atoms with Gasteiger partial charge in [0.15, 0.2) is 0 Å². The average Bonchev–Trinajstić information content (AvgIpc) is 1.70. The van der Waals surface area contributed by atoms with E-state index in [1.54, 1.807) is 0 Å². The third kappa shape index (κ3) is 11.4. The molecule has 2 nitrogen and oxygen atoms in total. The van der Waals surface area contributed by atoms with E-state index in [4.69, 9.17) is 4.42 Å². The summed E-state index contributed by atoms with van der Waals surface area (Å²) < 4.78 is 11.2. The predicted molar refractivity (Wildman–Crippen MR) is 504 cm³/mol. The van der Waals surface area contributed by atoms with Crippen LogP contribution in [0.1, 0.15) is 0 Å². The molecular weight excluding hydrogens is 1430 g/mol. The van der Waals surface area contributed by atoms with Crippen molar-refractivity contribution in [2.45, 2.75) is 0 Å². The van der Waals surface area contributed by atoms with Crippen LogP contribution >= 0.6 is 11.3 Å². The number of furan rings is 1. The molecule has 22 aromatic carbocycles. The lowest BCUT2D eigenvalue weighted by Gasteiger charge is -2.18. The Morgan fingerprint density at radius 1 is 0.162 bits per heavy atom. The van der Waals surface area contributed by atoms with Crippen LogP contribution in [-0.2, 0) is 0 Å². The molecule has 0 unspecified atom stereocenters. The van der Waals surface area contributed by atoms with Crippen molar-refractivity contribution >= 4 is 172 Å². The van der Waals surface area contributed by atoms with Crippen molar-refractivity contribution in [3.8, 4) is 72.4 Å². The van der Waals surface area contributed by atoms with Gasteiger partial charge in [-0.2, -0.15) is 0 Å². The Morgan fingerprint density at radius 3 is 0.880 bits per heavy atom. The zero-order valence-electron chi connectivity index (χ0n) is 63.8. The van der Waals surface area contributed by atoms with Crippen molar-refractivity contribution in [3.05, 3.63) is 431 Å². The highest BCUT2D eigenvalue weighted by Gasteiger charge is 2.24. The quantitative estimate of drug-likeness (QED) is 0.145. The Labute approximate surface area is 679 Å². The summed E-state index contributed by atoms with van der Waals surface area (Å²) in [6.07, 6.45) is 0. The van der Waals surface area contributed by atoms with Gasteiger partial charge in [0, 0.05) is 47.4 Å². The Hall–Kier alpha value is -15.0. The fraction of sp³-hybridized carbons (Fsp3) is 0. The summed E-state index contributed by atoms with van der Waals surface area (Å²) >= 11 is 1.87. The van der Waals surface area contributed by atoms with Gasteiger partial charge in [-0.15, -0.1) is 11.3 Å². The summed E-state index contributed by atoms with van der Waals surface area (Å²) in [5, 5.41) is 30.4. The molecule has 0 bridgehead atoms. The van der Waals surface area contributed by atoms with Gasteiger partial charge in [-0.25, -0.2) is 0 Å². The van der Waals surface area contributed by atoms with Crippen molar-refractivity contribution in [2.75, 3.05) is 0 Å². The first-order valence-corrected chi connectivity index (χ1v) is 41.1. The van der Waals surface area contributed by atoms with E-state index < -0.39 is 0 Å². The van der Waals surface area contributed by atoms with Crippen molar-refractivity contribution in [2.24, 2.45) is 0 Å². The molecule has 0 aliphatic rings. The maximum Gasteiger partial charge on any atom is 0.135 e. The average molecular weight is 1500 g/mol. The minimum Gasteiger partial charge on any atom is -0.456 e. The number of rotatable bonds is 7. The van der Waals surface area contributed by atoms with E-state index in [-0.39, 0.29) is 0 Å². The van der Waals surface area contributed by atoms with Gasteiger partial charge in [0.05, 0.1) is 11.0 Å². The molecular formula is C114H71NOS. The van der Waals surface area contributed by atoms with Crippen LogP contribution in [0.15, 0.2) is 435 Å². The Kier molecular flexibility index (Phi) is 16.2. The van der Waals surface area contributed by atoms with Gasteiger partial charge >= 0.3 is 0 Å². The van der Waals surface area contributed by atoms with E-state index in [2.05, 4.69) is 423 Å². The SMILES string of the molecule is c1ccc(-n2c3ccccc3c3cc(-c4c5ccccc5c(-c5ccc6ccccc6c5)c5ccccc45)ccc32)cc1.c1ccc2cc(-c3c4ccccc4c(-c4ccc5oc6ccccc6c5c4)c4ccccc34)ccc2c1.c1ccc2cc(-c3c4ccccc4c(-c4ccc5sc6ccccc6c5c4)c4ccccc34)ccc2c1. The number of hydrogen-bond donors (Lipinski definition) is 0. The van der Waals surface area contributed by atoms with Crippen LogP contribution in [0, 0.1) is 0 Å². The van der Waals surface area contributed by atoms with E-state index in [1.165, 1.54) is 211 Å². The number of hydrogen-bond acceptors (Lipinski definition) is 2. The minimum absolute atomic E-state index is 0.923. The third-order valence-electron chi connectivity index (χ3n) is 24.2. The molecule has 0 N–H and O–H groups in total. The summed E-state index contributed by atoms with van der Waals surface area (Å²) in [5.74, 6) is 0. The summed E-state index contributed by atoms with van der Waals surface area (Å²) in [6, 6.07) is 157. The number of fused-ring (bicyclic) bond motifs is 18. The first-order valence-electron chi connectivity index (χ1n) is 40.3. The van der Waals surface area contributed by atoms with E-state index in [0.29, 0.717) is 0 Å². The predicted octanol–water partition coefficient (Wildman–Crippen LogP) is 32.8. The van der Waals surface area contributed by atoms with Crippen LogP contribution in [0.2, 0.25) is 0 Å². The number of nitrogens with zero attached hydrogens (tertiary/aromatic N) is 1. The smallest absolute Gasteiger partial charge is 0.135 e. The molecule has 0 fully saturated rings. The standard InChI is InChI=1S/C42H27N.C36H22O.C36H22S/c1-2-14-32(15-3-1)43-39-21-11-10-16-33(39)38-27-31(24-25-40(38)43)42-36-19-8-6-17-34(36)41(35-18-7-9-20-37(35)42)30-23-22-28-12-4-5-13-29(28)26-30;2*1-2-10-24-21-25(18-17-23(24)9-1)35-28-12-3-5-14-30(28)36(31-15-6-4-13-29(31)35)26-19-20-34-32(22-26)27-11-7-8-16-33(27)37-34/h1-27H;2*1-22H. The minimum atomic E-state index is 0.923. The molecule has 25 rings (SSSR count). The van der Waals surface area contributed by atoms with Gasteiger partial charge in [0.25, 0.3) is 0 Å². The fourth-order valence-corrected chi connectivity index (χ4v) is 20.1. The molecule has 0 atom stereocenters. The summed E-state index contributed by atoms with van der Waals surface area (Å²) in [7, 11) is 0. The Morgan fingerprint density at radius 2 is 0.444 bits per heavy atom. The summed E-state index contributed by atoms with van der Waals surface area (Å²) in [4.78, 5) is 0. The normalized spacial score (nSPS) is 11.8. The second kappa shape index (κ2) is 28.0. The lowest BCUT2D eigenvalue weighted by atomic mass is 9.85. The highest BCUT2D eigenvalue weighted by Crippen LogP contribution is 2.50. The van der Waals surface area contributed by atoms with Crippen LogP contribution in [0.4, 0.5) is 0 Å². The number of aromatic nitrogens is 1. The van der Waals surface area contributed by atoms with Crippen molar-refractivity contribution in [1.82, 2.24) is 4.57 Å². The maximum atomic E-state index is 6.13. The maximum absolute atomic E-state index is 6.13. The molecule has 0 amide bonds. The number of benzene rings is 22. The van der Waals surface area contributed by atoms with Gasteiger partial charge in [0.1, 0.15) is 11.2 Å². The van der Waals surface area contributed by atoms with Gasteiger partial charge in [-0.3, -0.25) is 0 Å². The second-order valence-corrected chi connectivity index (χ2v) is 31.8. The zero-order chi connectivity index (χ0) is 77.0. The topological polar surface area (TPSA) is 18.1 Å². The van der Waals surface area contributed by atoms with E-state index in [0.717, 1.165) is 21.9 Å². The third-order valence-corrected chi connectivity index (χ3v) is 25.4. The van der Waals surface area contributed by atoms with E-state index >= 15 is 0 Å². The van der Waals surface area contributed by atoms with E-state index in [9.17, 15) is 0 Å². The molecule has 0 spiro atoms. The van der Waals surface area contributed by atoms with Gasteiger partial charge in [-0.1, -0.05) is 346 Å². The first-order chi connectivity index (χ1) is 58.0. The number of para-hydroxylation sites is 3. The molecule has 544 valence electrons. The van der Waals surface area contributed by atoms with Crippen LogP contribution in [0.3, 0.4) is 0 Å². The Bertz CT molecular complexity index is 7860. The van der Waals surface area contributed by atoms with Crippen LogP contribution in [0.5, 0.6) is 0 Å². The molecule has 0 saturated heterocycles. The number of thiophene rings is 1. The van der Waals surface area contributed by atoms with Crippen LogP contribution in [0.25, 0.3) is 233 Å². The van der Waals surface area contributed by atoms with Gasteiger partial charge < -0.3 is 8.98 Å². The van der Waals surface area contributed by atoms with Gasteiger partial charge in [-0.05, 0) is 249 Å². The lowest BCUT2D eigenvalue weighted by molar-refractivity contribution is 0.669. The molecule has 3 heterocycles. The molecule has 3 aromatic heterocycles. The molecule has 0 aliphatic carbocycles. The van der Waals surface area contributed by atoms with Crippen molar-refractivity contribution in [1.29, 1.82) is 0 Å². The van der Waals surface area contributed by atoms with Crippen LogP contribution < -0.4 is 0 Å². The van der Waals surface area contributed by atoms with Crippen molar-refractivity contribution in [3.63, 3.8) is 0 Å². The molecule has 0 radical (unpaired) electrons. The monoisotopic (exact) mass is 1500 g/mol. The molecule has 3 heteroatoms. The lowest BCUT2D eigenvalue weighted by Crippen LogP contribution is -1.93. The Balaban J connectivity index is 0.000000104. The largest absolute Gasteiger partial charge is 0.456 e. The molecule has 0 saturated carbocycles. The summed E-state index contributed by atoms with van der Waals surface area (Å²) in [6.45, 7) is 0. The second-order valence-electron chi connectivity index (χ2n) is 30.7. The highest BCUT2D eigenvalue weighted by molar-refractivity contribution is 7.25. The molecule has 117 heavy (non-hydrogen) atoms. The summed E-state index contributed by atoms with van der Waals surface area (Å²) in [5.41, 5.74) is 20.7. The van der Waals surface area contributed by atoms with Crippen molar-refractivity contribution < 1.29 is 4.42 Å².